The number of amides is 1. The van der Waals surface area contributed by atoms with Crippen molar-refractivity contribution in [1.82, 2.24) is 19.6 Å². The summed E-state index contributed by atoms with van der Waals surface area (Å²) < 4.78 is 13.7. The van der Waals surface area contributed by atoms with Crippen LogP contribution in [0.15, 0.2) is 64.5 Å². The minimum absolute atomic E-state index is 0.0320. The molecule has 1 aromatic carbocycles. The van der Waals surface area contributed by atoms with Crippen molar-refractivity contribution in [3.63, 3.8) is 0 Å². The van der Waals surface area contributed by atoms with E-state index in [1.165, 1.54) is 0 Å². The molecule has 1 fully saturated rings. The van der Waals surface area contributed by atoms with E-state index in [4.69, 9.17) is 19.5 Å². The van der Waals surface area contributed by atoms with Gasteiger partial charge < -0.3 is 14.4 Å². The SMILES string of the molecule is COc1ccc([C@H](C)N2C[C@H]([C@@H](C)OC3=NC(c4cnn(C(C)(C)C)c4)=CC4=NC(C)=CCN43)CC2=O)cc1. The molecule has 0 saturated carbocycles. The normalized spacial score (nSPS) is 21.0. The number of benzene rings is 1. The topological polar surface area (TPSA) is 84.6 Å². The van der Waals surface area contributed by atoms with Crippen molar-refractivity contribution in [3.8, 4) is 5.75 Å². The number of carbonyl (C=O) groups excluding carboxylic acids is 1. The lowest BCUT2D eigenvalue weighted by molar-refractivity contribution is -0.129. The molecule has 2 aromatic rings. The Labute approximate surface area is 230 Å². The predicted octanol–water partition coefficient (Wildman–Crippen LogP) is 4.99. The number of likely N-dealkylation sites (tertiary alicyclic amines) is 1. The van der Waals surface area contributed by atoms with E-state index in [1.54, 1.807) is 7.11 Å². The molecular weight excluding hydrogens is 492 g/mol. The van der Waals surface area contributed by atoms with Gasteiger partial charge in [0.05, 0.1) is 30.6 Å². The zero-order chi connectivity index (χ0) is 27.9. The molecule has 0 aliphatic carbocycles. The Balaban J connectivity index is 1.34. The zero-order valence-electron chi connectivity index (χ0n) is 23.9. The molecule has 0 bridgehead atoms. The molecule has 9 nitrogen and oxygen atoms in total. The third kappa shape index (κ3) is 5.48. The first kappa shape index (κ1) is 26.7. The summed E-state index contributed by atoms with van der Waals surface area (Å²) in [4.78, 5) is 26.7. The lowest BCUT2D eigenvalue weighted by atomic mass is 10.0. The van der Waals surface area contributed by atoms with Gasteiger partial charge in [0.25, 0.3) is 6.02 Å². The highest BCUT2D eigenvalue weighted by molar-refractivity contribution is 6.12. The molecule has 206 valence electrons. The second-order valence-corrected chi connectivity index (χ2v) is 11.5. The number of fused-ring (bicyclic) bond motifs is 1. The molecular formula is C30H38N6O3. The predicted molar refractivity (Wildman–Crippen MR) is 152 cm³/mol. The molecule has 0 spiro atoms. The number of aromatic nitrogens is 2. The van der Waals surface area contributed by atoms with Gasteiger partial charge in [0.15, 0.2) is 0 Å². The van der Waals surface area contributed by atoms with Gasteiger partial charge in [-0.15, -0.1) is 0 Å². The van der Waals surface area contributed by atoms with E-state index in [0.717, 1.165) is 34.1 Å². The molecule has 4 heterocycles. The summed E-state index contributed by atoms with van der Waals surface area (Å²) in [5.74, 6) is 1.78. The third-order valence-corrected chi connectivity index (χ3v) is 7.62. The first-order chi connectivity index (χ1) is 18.5. The van der Waals surface area contributed by atoms with Crippen LogP contribution < -0.4 is 4.74 Å². The van der Waals surface area contributed by atoms with Gasteiger partial charge in [0, 0.05) is 49.0 Å². The fourth-order valence-electron chi connectivity index (χ4n) is 5.04. The largest absolute Gasteiger partial charge is 0.497 e. The number of rotatable bonds is 6. The number of allylic oxidation sites excluding steroid dienone is 1. The number of carbonyl (C=O) groups is 1. The van der Waals surface area contributed by atoms with Crippen LogP contribution in [-0.4, -0.2) is 63.6 Å². The van der Waals surface area contributed by atoms with Gasteiger partial charge in [0.1, 0.15) is 17.7 Å². The summed E-state index contributed by atoms with van der Waals surface area (Å²) in [5.41, 5.74) is 3.57. The van der Waals surface area contributed by atoms with Crippen molar-refractivity contribution in [1.29, 1.82) is 0 Å². The average molecular weight is 531 g/mol. The number of hydrogen-bond acceptors (Lipinski definition) is 7. The summed E-state index contributed by atoms with van der Waals surface area (Å²) in [6.45, 7) is 13.7. The van der Waals surface area contributed by atoms with Crippen LogP contribution >= 0.6 is 0 Å². The van der Waals surface area contributed by atoms with E-state index in [9.17, 15) is 4.79 Å². The quantitative estimate of drug-likeness (QED) is 0.525. The number of nitrogens with zero attached hydrogens (tertiary/aromatic N) is 6. The number of amidine groups is 2. The summed E-state index contributed by atoms with van der Waals surface area (Å²) in [7, 11) is 1.65. The number of methoxy groups -OCH3 is 1. The summed E-state index contributed by atoms with van der Waals surface area (Å²) in [6.07, 6.45) is 8.10. The highest BCUT2D eigenvalue weighted by Crippen LogP contribution is 2.33. The van der Waals surface area contributed by atoms with Crippen molar-refractivity contribution < 1.29 is 14.3 Å². The van der Waals surface area contributed by atoms with Crippen molar-refractivity contribution in [2.24, 2.45) is 15.9 Å². The van der Waals surface area contributed by atoms with Gasteiger partial charge in [-0.1, -0.05) is 12.1 Å². The van der Waals surface area contributed by atoms with Crippen LogP contribution in [0.1, 0.15) is 65.1 Å². The number of aliphatic imine (C=N–C) groups is 2. The van der Waals surface area contributed by atoms with Crippen molar-refractivity contribution in [2.75, 3.05) is 20.2 Å². The van der Waals surface area contributed by atoms with Crippen LogP contribution in [0.5, 0.6) is 5.75 Å². The van der Waals surface area contributed by atoms with Gasteiger partial charge in [-0.2, -0.15) is 10.1 Å². The molecule has 5 rings (SSSR count). The van der Waals surface area contributed by atoms with Gasteiger partial charge >= 0.3 is 0 Å². The van der Waals surface area contributed by atoms with Crippen molar-refractivity contribution in [3.05, 3.63) is 65.6 Å². The van der Waals surface area contributed by atoms with Gasteiger partial charge in [-0.25, -0.2) is 4.99 Å². The molecule has 1 aromatic heterocycles. The smallest absolute Gasteiger partial charge is 0.298 e. The zero-order valence-corrected chi connectivity index (χ0v) is 23.9. The Hall–Kier alpha value is -3.88. The van der Waals surface area contributed by atoms with Crippen molar-refractivity contribution >= 4 is 23.5 Å². The summed E-state index contributed by atoms with van der Waals surface area (Å²) in [5, 5.41) is 4.55. The number of ether oxygens (including phenoxy) is 2. The molecule has 0 unspecified atom stereocenters. The minimum Gasteiger partial charge on any atom is -0.497 e. The summed E-state index contributed by atoms with van der Waals surface area (Å²) >= 11 is 0. The first-order valence-corrected chi connectivity index (χ1v) is 13.5. The van der Waals surface area contributed by atoms with E-state index in [2.05, 4.69) is 38.9 Å². The van der Waals surface area contributed by atoms with E-state index >= 15 is 0 Å². The van der Waals surface area contributed by atoms with Crippen LogP contribution in [0, 0.1) is 5.92 Å². The molecule has 0 radical (unpaired) electrons. The Morgan fingerprint density at radius 3 is 2.51 bits per heavy atom. The maximum Gasteiger partial charge on any atom is 0.298 e. The molecule has 1 saturated heterocycles. The monoisotopic (exact) mass is 530 g/mol. The van der Waals surface area contributed by atoms with Gasteiger partial charge in [0.2, 0.25) is 5.91 Å². The first-order valence-electron chi connectivity index (χ1n) is 13.5. The highest BCUT2D eigenvalue weighted by Gasteiger charge is 2.38. The lowest BCUT2D eigenvalue weighted by Gasteiger charge is -2.33. The Kier molecular flexibility index (Phi) is 7.09. The van der Waals surface area contributed by atoms with Crippen LogP contribution in [-0.2, 0) is 15.1 Å². The van der Waals surface area contributed by atoms with Crippen LogP contribution in [0.3, 0.4) is 0 Å². The Bertz CT molecular complexity index is 1360. The maximum atomic E-state index is 13.1. The Morgan fingerprint density at radius 2 is 1.85 bits per heavy atom. The fraction of sp³-hybridized carbons (Fsp3) is 0.467. The molecule has 1 amide bonds. The van der Waals surface area contributed by atoms with Gasteiger partial charge in [-0.3, -0.25) is 14.4 Å². The molecule has 0 N–H and O–H groups in total. The lowest BCUT2D eigenvalue weighted by Crippen LogP contribution is -2.43. The van der Waals surface area contributed by atoms with E-state index in [-0.39, 0.29) is 29.5 Å². The molecule has 3 aliphatic rings. The van der Waals surface area contributed by atoms with Crippen LogP contribution in [0.4, 0.5) is 0 Å². The van der Waals surface area contributed by atoms with Crippen LogP contribution in [0.25, 0.3) is 5.70 Å². The molecule has 3 atom stereocenters. The maximum absolute atomic E-state index is 13.1. The molecule has 3 aliphatic heterocycles. The van der Waals surface area contributed by atoms with Gasteiger partial charge in [-0.05, 0) is 65.3 Å². The Morgan fingerprint density at radius 1 is 1.10 bits per heavy atom. The second kappa shape index (κ2) is 10.4. The highest BCUT2D eigenvalue weighted by atomic mass is 16.5. The fourth-order valence-corrected chi connectivity index (χ4v) is 5.04. The van der Waals surface area contributed by atoms with Crippen molar-refractivity contribution in [2.45, 2.75) is 65.6 Å². The molecule has 39 heavy (non-hydrogen) atoms. The second-order valence-electron chi connectivity index (χ2n) is 11.5. The van der Waals surface area contributed by atoms with E-state index in [0.29, 0.717) is 25.5 Å². The third-order valence-electron chi connectivity index (χ3n) is 7.62. The average Bonchev–Trinajstić information content (AvgIpc) is 3.55. The summed E-state index contributed by atoms with van der Waals surface area (Å²) in [6, 6.07) is 8.37. The number of hydrogen-bond donors (Lipinski definition) is 0. The van der Waals surface area contributed by atoms with Crippen LogP contribution in [0.2, 0.25) is 0 Å². The minimum atomic E-state index is -0.217. The standard InChI is InChI=1S/C30H38N6O3/c1-19-12-13-34-27(32-19)15-26(24-16-31-36(18-24)30(4,5)6)33-29(34)39-21(3)23-14-28(37)35(17-23)20(2)22-8-10-25(38-7)11-9-22/h8-12,15-16,18,20-21,23H,13-14,17H2,1-7H3/t20-,21+,23+/m0/s1. The van der Waals surface area contributed by atoms with E-state index < -0.39 is 0 Å². The molecule has 9 heteroatoms. The van der Waals surface area contributed by atoms with E-state index in [1.807, 2.05) is 71.1 Å².